The normalized spacial score (nSPS) is 52.2. The summed E-state index contributed by atoms with van der Waals surface area (Å²) in [5.74, 6) is 1.36. The maximum absolute atomic E-state index is 12.4. The van der Waals surface area contributed by atoms with Gasteiger partial charge in [-0.05, 0) is 73.2 Å². The van der Waals surface area contributed by atoms with Gasteiger partial charge < -0.3 is 9.47 Å². The lowest BCUT2D eigenvalue weighted by Crippen LogP contribution is -2.61. The first kappa shape index (κ1) is 20.1. The van der Waals surface area contributed by atoms with Crippen LogP contribution in [-0.4, -0.2) is 36.4 Å². The van der Waals surface area contributed by atoms with Crippen molar-refractivity contribution < 1.29 is 23.9 Å². The van der Waals surface area contributed by atoms with Crippen LogP contribution in [0.25, 0.3) is 0 Å². The van der Waals surface area contributed by atoms with E-state index in [4.69, 9.17) is 9.47 Å². The molecule has 6 rings (SSSR count). The first-order valence-corrected chi connectivity index (χ1v) is 12.2. The fourth-order valence-corrected chi connectivity index (χ4v) is 9.51. The molecule has 0 N–H and O–H groups in total. The molecule has 1 saturated heterocycles. The summed E-state index contributed by atoms with van der Waals surface area (Å²) < 4.78 is 11.9. The first-order chi connectivity index (χ1) is 14.7. The maximum atomic E-state index is 12.4. The number of epoxide rings is 1. The molecule has 2 spiro atoms. The average molecular weight is 427 g/mol. The molecular formula is C26H34O5. The lowest BCUT2D eigenvalue weighted by Gasteiger charge is -2.59. The molecule has 31 heavy (non-hydrogen) atoms. The summed E-state index contributed by atoms with van der Waals surface area (Å²) in [4.78, 5) is 37.1. The Labute approximate surface area is 184 Å². The van der Waals surface area contributed by atoms with Crippen LogP contribution in [0.15, 0.2) is 11.6 Å². The minimum absolute atomic E-state index is 0.0882. The predicted octanol–water partition coefficient (Wildman–Crippen LogP) is 4.18. The van der Waals surface area contributed by atoms with E-state index in [1.165, 1.54) is 12.7 Å². The van der Waals surface area contributed by atoms with Gasteiger partial charge >= 0.3 is 5.97 Å². The van der Waals surface area contributed by atoms with Crippen LogP contribution in [0, 0.1) is 34.0 Å². The van der Waals surface area contributed by atoms with Crippen molar-refractivity contribution in [1.82, 2.24) is 0 Å². The smallest absolute Gasteiger partial charge is 0.305 e. The van der Waals surface area contributed by atoms with Crippen molar-refractivity contribution >= 4 is 17.5 Å². The van der Waals surface area contributed by atoms with E-state index in [1.54, 1.807) is 0 Å². The topological polar surface area (TPSA) is 73.0 Å². The van der Waals surface area contributed by atoms with Gasteiger partial charge in [0.2, 0.25) is 0 Å². The largest absolute Gasteiger partial charge is 0.469 e. The van der Waals surface area contributed by atoms with Gasteiger partial charge in [-0.25, -0.2) is 0 Å². The van der Waals surface area contributed by atoms with Gasteiger partial charge in [0.15, 0.2) is 5.78 Å². The van der Waals surface area contributed by atoms with Crippen LogP contribution in [0.2, 0.25) is 0 Å². The monoisotopic (exact) mass is 426 g/mol. The van der Waals surface area contributed by atoms with E-state index in [9.17, 15) is 14.4 Å². The van der Waals surface area contributed by atoms with E-state index in [0.717, 1.165) is 51.4 Å². The third kappa shape index (κ3) is 2.29. The predicted molar refractivity (Wildman–Crippen MR) is 113 cm³/mol. The third-order valence-corrected chi connectivity index (χ3v) is 11.1. The molecule has 0 aromatic heterocycles. The lowest BCUT2D eigenvalue weighted by molar-refractivity contribution is -0.145. The van der Waals surface area contributed by atoms with E-state index in [-0.39, 0.29) is 45.6 Å². The van der Waals surface area contributed by atoms with Crippen molar-refractivity contribution in [3.05, 3.63) is 11.6 Å². The SMILES string of the molecule is COC(=O)C[C@@H]1CC2=CC(=O)CCC2(C)[C@@]23OC2CC2(C)C(CC[C@@]24CCC(=O)C4)C13. The van der Waals surface area contributed by atoms with E-state index in [1.807, 2.05) is 6.08 Å². The Hall–Kier alpha value is -1.49. The zero-order valence-corrected chi connectivity index (χ0v) is 19.0. The minimum Gasteiger partial charge on any atom is -0.469 e. The molecule has 0 amide bonds. The fourth-order valence-electron chi connectivity index (χ4n) is 9.51. The van der Waals surface area contributed by atoms with Crippen molar-refractivity contribution in [2.24, 2.45) is 34.0 Å². The van der Waals surface area contributed by atoms with E-state index < -0.39 is 0 Å². The van der Waals surface area contributed by atoms with E-state index in [2.05, 4.69) is 13.8 Å². The maximum Gasteiger partial charge on any atom is 0.305 e. The lowest BCUT2D eigenvalue weighted by atomic mass is 9.42. The van der Waals surface area contributed by atoms with Crippen LogP contribution in [0.5, 0.6) is 0 Å². The van der Waals surface area contributed by atoms with Gasteiger partial charge in [-0.1, -0.05) is 19.4 Å². The Balaban J connectivity index is 1.46. The number of methoxy groups -OCH3 is 1. The highest BCUT2D eigenvalue weighted by Crippen LogP contribution is 2.80. The standard InChI is InChI=1S/C26H34O5/c1-23-7-4-17(27)12-16(23)10-15(11-21(29)30-3)22-19-6-9-25(8-5-18(28)13-25)24(19,2)14-20-26(22,23)31-20/h12,15,19-20,22H,4-11,13-14H2,1-3H3/t15-,19?,20?,22?,23?,24?,25+,26+/m0/s1. The van der Waals surface area contributed by atoms with E-state index >= 15 is 0 Å². The third-order valence-electron chi connectivity index (χ3n) is 11.1. The number of fused-ring (bicyclic) bond motifs is 4. The molecule has 5 nitrogen and oxygen atoms in total. The van der Waals surface area contributed by atoms with Crippen LogP contribution < -0.4 is 0 Å². The van der Waals surface area contributed by atoms with Crippen molar-refractivity contribution in [1.29, 1.82) is 0 Å². The summed E-state index contributed by atoms with van der Waals surface area (Å²) in [6, 6.07) is 0. The number of rotatable bonds is 2. The molecule has 0 aromatic rings. The molecule has 6 aliphatic rings. The zero-order valence-electron chi connectivity index (χ0n) is 19.0. The number of esters is 1. The van der Waals surface area contributed by atoms with Gasteiger partial charge in [-0.15, -0.1) is 0 Å². The Morgan fingerprint density at radius 3 is 2.71 bits per heavy atom. The van der Waals surface area contributed by atoms with Crippen molar-refractivity contribution in [3.8, 4) is 0 Å². The number of carbonyl (C=O) groups excluding carboxylic acids is 3. The number of hydrogen-bond donors (Lipinski definition) is 0. The second-order valence-electron chi connectivity index (χ2n) is 11.9. The zero-order chi connectivity index (χ0) is 21.8. The highest BCUT2D eigenvalue weighted by atomic mass is 16.6. The summed E-state index contributed by atoms with van der Waals surface area (Å²) in [7, 11) is 1.46. The summed E-state index contributed by atoms with van der Waals surface area (Å²) in [6.45, 7) is 4.75. The highest BCUT2D eigenvalue weighted by Gasteiger charge is 2.82. The summed E-state index contributed by atoms with van der Waals surface area (Å²) in [5.41, 5.74) is 1.02. The molecular weight excluding hydrogens is 392 g/mol. The van der Waals surface area contributed by atoms with Gasteiger partial charge in [0.1, 0.15) is 11.4 Å². The quantitative estimate of drug-likeness (QED) is 0.489. The Morgan fingerprint density at radius 2 is 2.00 bits per heavy atom. The molecule has 5 aliphatic carbocycles. The summed E-state index contributed by atoms with van der Waals surface area (Å²) >= 11 is 0. The van der Waals surface area contributed by atoms with Gasteiger partial charge in [0.25, 0.3) is 0 Å². The molecule has 1 heterocycles. The molecule has 5 fully saturated rings. The van der Waals surface area contributed by atoms with Gasteiger partial charge in [0, 0.05) is 31.1 Å². The van der Waals surface area contributed by atoms with Crippen LogP contribution in [-0.2, 0) is 23.9 Å². The molecule has 168 valence electrons. The molecule has 5 heteroatoms. The Kier molecular flexibility index (Phi) is 3.96. The number of ketones is 2. The Morgan fingerprint density at radius 1 is 1.19 bits per heavy atom. The highest BCUT2D eigenvalue weighted by molar-refractivity contribution is 5.92. The number of hydrogen-bond acceptors (Lipinski definition) is 5. The van der Waals surface area contributed by atoms with Crippen molar-refractivity contribution in [3.63, 3.8) is 0 Å². The molecule has 4 saturated carbocycles. The molecule has 0 bridgehead atoms. The van der Waals surface area contributed by atoms with Gasteiger partial charge in [0.05, 0.1) is 13.2 Å². The van der Waals surface area contributed by atoms with Gasteiger partial charge in [-0.2, -0.15) is 0 Å². The van der Waals surface area contributed by atoms with Crippen molar-refractivity contribution in [2.45, 2.75) is 89.8 Å². The summed E-state index contributed by atoms with van der Waals surface area (Å²) in [5, 5.41) is 0. The average Bonchev–Trinajstić information content (AvgIpc) is 3.21. The summed E-state index contributed by atoms with van der Waals surface area (Å²) in [6.07, 6.45) is 10.4. The van der Waals surface area contributed by atoms with Crippen molar-refractivity contribution in [2.75, 3.05) is 7.11 Å². The van der Waals surface area contributed by atoms with Crippen LogP contribution >= 0.6 is 0 Å². The molecule has 8 atom stereocenters. The molecule has 5 unspecified atom stereocenters. The van der Waals surface area contributed by atoms with Crippen LogP contribution in [0.4, 0.5) is 0 Å². The number of carbonyl (C=O) groups is 3. The number of Topliss-reactive ketones (excluding diaryl/α,β-unsaturated/α-hetero) is 1. The first-order valence-electron chi connectivity index (χ1n) is 12.2. The second-order valence-corrected chi connectivity index (χ2v) is 11.9. The van der Waals surface area contributed by atoms with E-state index in [0.29, 0.717) is 30.5 Å². The molecule has 0 aromatic carbocycles. The molecule has 1 aliphatic heterocycles. The van der Waals surface area contributed by atoms with Crippen LogP contribution in [0.1, 0.15) is 78.1 Å². The number of ether oxygens (including phenoxy) is 2. The Bertz CT molecular complexity index is 921. The van der Waals surface area contributed by atoms with Crippen LogP contribution in [0.3, 0.4) is 0 Å². The minimum atomic E-state index is -0.255. The fraction of sp³-hybridized carbons (Fsp3) is 0.808. The van der Waals surface area contributed by atoms with Gasteiger partial charge in [-0.3, -0.25) is 14.4 Å². The molecule has 0 radical (unpaired) electrons. The second kappa shape index (κ2) is 6.09.